The lowest BCUT2D eigenvalue weighted by atomic mass is 9.68. The molecule has 1 aromatic heterocycles. The van der Waals surface area contributed by atoms with E-state index in [4.69, 9.17) is 0 Å². The van der Waals surface area contributed by atoms with E-state index in [0.29, 0.717) is 37.1 Å². The summed E-state index contributed by atoms with van der Waals surface area (Å²) < 4.78 is 41.8. The van der Waals surface area contributed by atoms with E-state index < -0.39 is 29.0 Å². The third kappa shape index (κ3) is 6.54. The molecule has 2 saturated heterocycles. The minimum absolute atomic E-state index is 0.0108. The summed E-state index contributed by atoms with van der Waals surface area (Å²) in [5.74, 6) is -1.34. The maximum atomic E-state index is 13.9. The number of aromatic nitrogens is 2. The molecule has 3 fully saturated rings. The lowest BCUT2D eigenvalue weighted by molar-refractivity contribution is -0.146. The summed E-state index contributed by atoms with van der Waals surface area (Å²) in [5.41, 5.74) is -0.349. The number of carbonyl (C=O) groups is 2. The number of likely N-dealkylation sites (tertiary alicyclic amines) is 1. The molecule has 3 N–H and O–H groups in total. The number of halogens is 3. The van der Waals surface area contributed by atoms with E-state index in [1.54, 1.807) is 29.2 Å². The Morgan fingerprint density at radius 1 is 1.17 bits per heavy atom. The molecule has 3 heterocycles. The Kier molecular flexibility index (Phi) is 8.75. The zero-order valence-corrected chi connectivity index (χ0v) is 24.1. The predicted molar refractivity (Wildman–Crippen MR) is 152 cm³/mol. The molecule has 2 aromatic rings. The summed E-state index contributed by atoms with van der Waals surface area (Å²) >= 11 is 0. The summed E-state index contributed by atoms with van der Waals surface area (Å²) in [6.45, 7) is 2.45. The Hall–Kier alpha value is -3.25. The number of aliphatic carboxylic acids is 1. The van der Waals surface area contributed by atoms with Crippen LogP contribution < -0.4 is 10.6 Å². The van der Waals surface area contributed by atoms with Gasteiger partial charge in [0, 0.05) is 43.0 Å². The van der Waals surface area contributed by atoms with Crippen LogP contribution in [0.4, 0.5) is 24.8 Å². The summed E-state index contributed by atoms with van der Waals surface area (Å²) in [7, 11) is 3.89. The van der Waals surface area contributed by atoms with Crippen LogP contribution in [0, 0.1) is 11.3 Å². The highest BCUT2D eigenvalue weighted by Crippen LogP contribution is 2.51. The van der Waals surface area contributed by atoms with Gasteiger partial charge in [0.05, 0.1) is 17.2 Å². The molecule has 1 aromatic carbocycles. The van der Waals surface area contributed by atoms with Crippen molar-refractivity contribution in [3.8, 4) is 0 Å². The van der Waals surface area contributed by atoms with E-state index in [1.807, 2.05) is 7.05 Å². The number of anilines is 2. The molecule has 1 saturated carbocycles. The van der Waals surface area contributed by atoms with Gasteiger partial charge in [-0.3, -0.25) is 9.59 Å². The molecule has 42 heavy (non-hydrogen) atoms. The molecule has 5 rings (SSSR count). The fourth-order valence-corrected chi connectivity index (χ4v) is 7.08. The first-order chi connectivity index (χ1) is 19.9. The van der Waals surface area contributed by atoms with Crippen LogP contribution in [0.3, 0.4) is 0 Å². The van der Waals surface area contributed by atoms with Crippen molar-refractivity contribution in [1.82, 2.24) is 25.1 Å². The highest BCUT2D eigenvalue weighted by atomic mass is 19.4. The number of alkyl halides is 3. The normalized spacial score (nSPS) is 25.5. The standard InChI is InChI=1S/C30H39F3N6O3/c1-38-14-9-22(10-15-38)39(2)26(40)19-5-7-20(8-6-19)36-28-35-18-24(30(31,32)33)25(37-28)16-21-17-29(12-13-34-21)11-3-4-23(29)27(41)42/h5-8,18,21-23,34H,3-4,9-17H2,1-2H3,(H,41,42)(H,35,36,37)/t21?,23-,29+/m1/s1. The molecule has 1 aliphatic carbocycles. The third-order valence-corrected chi connectivity index (χ3v) is 9.47. The lowest BCUT2D eigenvalue weighted by Crippen LogP contribution is -2.48. The van der Waals surface area contributed by atoms with Crippen LogP contribution in [0.5, 0.6) is 0 Å². The fourth-order valence-electron chi connectivity index (χ4n) is 7.08. The Bertz CT molecular complexity index is 1280. The quantitative estimate of drug-likeness (QED) is 0.432. The average molecular weight is 589 g/mol. The molecule has 3 aliphatic rings. The molecule has 0 radical (unpaired) electrons. The maximum Gasteiger partial charge on any atom is 0.419 e. The van der Waals surface area contributed by atoms with E-state index in [2.05, 4.69) is 32.5 Å². The molecular weight excluding hydrogens is 549 g/mol. The molecule has 12 heteroatoms. The predicted octanol–water partition coefficient (Wildman–Crippen LogP) is 4.57. The van der Waals surface area contributed by atoms with Gasteiger partial charge in [-0.25, -0.2) is 9.97 Å². The van der Waals surface area contributed by atoms with Crippen LogP contribution in [0.2, 0.25) is 0 Å². The van der Waals surface area contributed by atoms with Gasteiger partial charge in [-0.05, 0) is 94.9 Å². The van der Waals surface area contributed by atoms with Gasteiger partial charge in [-0.15, -0.1) is 0 Å². The van der Waals surface area contributed by atoms with Crippen molar-refractivity contribution in [3.05, 3.63) is 47.3 Å². The highest BCUT2D eigenvalue weighted by Gasteiger charge is 2.49. The molecule has 1 spiro atoms. The first-order valence-electron chi connectivity index (χ1n) is 14.7. The first kappa shape index (κ1) is 30.2. The number of amides is 1. The number of nitrogens with zero attached hydrogens (tertiary/aromatic N) is 4. The Morgan fingerprint density at radius 3 is 2.55 bits per heavy atom. The van der Waals surface area contributed by atoms with Gasteiger partial charge < -0.3 is 25.5 Å². The average Bonchev–Trinajstić information content (AvgIpc) is 3.35. The molecule has 1 unspecified atom stereocenters. The SMILES string of the molecule is CN1CCC(N(C)C(=O)c2ccc(Nc3ncc(C(F)(F)F)c(CC4C[C@]5(CCC[C@@H]5C(=O)O)CCN4)n3)cc2)CC1. The van der Waals surface area contributed by atoms with Gasteiger partial charge in [0.25, 0.3) is 5.91 Å². The number of carbonyl (C=O) groups excluding carboxylic acids is 1. The van der Waals surface area contributed by atoms with Gasteiger partial charge in [-0.1, -0.05) is 6.42 Å². The minimum atomic E-state index is -4.63. The van der Waals surface area contributed by atoms with Crippen LogP contribution in [-0.4, -0.2) is 82.6 Å². The third-order valence-electron chi connectivity index (χ3n) is 9.47. The molecular formula is C30H39F3N6O3. The number of nitrogens with one attached hydrogen (secondary N) is 2. The number of hydrogen-bond acceptors (Lipinski definition) is 7. The van der Waals surface area contributed by atoms with E-state index in [0.717, 1.165) is 45.0 Å². The van der Waals surface area contributed by atoms with Crippen LogP contribution in [0.1, 0.15) is 66.6 Å². The second-order valence-corrected chi connectivity index (χ2v) is 12.2. The Balaban J connectivity index is 1.29. The second kappa shape index (κ2) is 12.2. The summed E-state index contributed by atoms with van der Waals surface area (Å²) in [6.07, 6.45) is 1.42. The zero-order valence-electron chi connectivity index (χ0n) is 24.1. The number of rotatable bonds is 7. The van der Waals surface area contributed by atoms with E-state index in [-0.39, 0.29) is 36.1 Å². The number of benzene rings is 1. The molecule has 228 valence electrons. The van der Waals surface area contributed by atoms with Crippen molar-refractivity contribution >= 4 is 23.5 Å². The van der Waals surface area contributed by atoms with Gasteiger partial charge >= 0.3 is 12.1 Å². The molecule has 3 atom stereocenters. The van der Waals surface area contributed by atoms with Crippen LogP contribution in [-0.2, 0) is 17.4 Å². The van der Waals surface area contributed by atoms with Gasteiger partial charge in [0.2, 0.25) is 5.95 Å². The topological polar surface area (TPSA) is 111 Å². The van der Waals surface area contributed by atoms with Crippen molar-refractivity contribution in [1.29, 1.82) is 0 Å². The highest BCUT2D eigenvalue weighted by molar-refractivity contribution is 5.94. The largest absolute Gasteiger partial charge is 0.481 e. The zero-order chi connectivity index (χ0) is 30.1. The van der Waals surface area contributed by atoms with Gasteiger partial charge in [0.1, 0.15) is 0 Å². The molecule has 2 aliphatic heterocycles. The van der Waals surface area contributed by atoms with Crippen molar-refractivity contribution in [2.24, 2.45) is 11.3 Å². The minimum Gasteiger partial charge on any atom is -0.481 e. The lowest BCUT2D eigenvalue weighted by Gasteiger charge is -2.41. The first-order valence-corrected chi connectivity index (χ1v) is 14.7. The van der Waals surface area contributed by atoms with Crippen molar-refractivity contribution in [3.63, 3.8) is 0 Å². The Labute approximate surface area is 243 Å². The fraction of sp³-hybridized carbons (Fsp3) is 0.600. The number of carboxylic acid groups (broad SMARTS) is 1. The van der Waals surface area contributed by atoms with E-state index in [9.17, 15) is 27.9 Å². The summed E-state index contributed by atoms with van der Waals surface area (Å²) in [5, 5.41) is 16.0. The van der Waals surface area contributed by atoms with E-state index >= 15 is 0 Å². The van der Waals surface area contributed by atoms with Crippen LogP contribution in [0.25, 0.3) is 0 Å². The number of piperidine rings is 2. The molecule has 9 nitrogen and oxygen atoms in total. The van der Waals surface area contributed by atoms with E-state index in [1.165, 1.54) is 0 Å². The summed E-state index contributed by atoms with van der Waals surface area (Å²) in [6, 6.07) is 6.61. The van der Waals surface area contributed by atoms with Crippen molar-refractivity contribution < 1.29 is 27.9 Å². The second-order valence-electron chi connectivity index (χ2n) is 12.2. The summed E-state index contributed by atoms with van der Waals surface area (Å²) in [4.78, 5) is 37.2. The van der Waals surface area contributed by atoms with Gasteiger partial charge in [0.15, 0.2) is 0 Å². The molecule has 0 bridgehead atoms. The Morgan fingerprint density at radius 2 is 1.88 bits per heavy atom. The van der Waals surface area contributed by atoms with Crippen molar-refractivity contribution in [2.75, 3.05) is 39.0 Å². The maximum absolute atomic E-state index is 13.9. The number of hydrogen-bond donors (Lipinski definition) is 3. The van der Waals surface area contributed by atoms with Crippen LogP contribution in [0.15, 0.2) is 30.5 Å². The monoisotopic (exact) mass is 588 g/mol. The van der Waals surface area contributed by atoms with Gasteiger partial charge in [-0.2, -0.15) is 13.2 Å². The van der Waals surface area contributed by atoms with Crippen molar-refractivity contribution in [2.45, 2.75) is 69.6 Å². The molecule has 1 amide bonds. The van der Waals surface area contributed by atoms with Crippen LogP contribution >= 0.6 is 0 Å². The smallest absolute Gasteiger partial charge is 0.419 e. The number of carboxylic acids is 1.